The molecule has 0 saturated carbocycles. The number of hydrogen-bond acceptors (Lipinski definition) is 4. The smallest absolute Gasteiger partial charge is 0.409 e. The van der Waals surface area contributed by atoms with Gasteiger partial charge in [-0.25, -0.2) is 4.79 Å². The Hall–Kier alpha value is -1.30. The zero-order chi connectivity index (χ0) is 16.1. The summed E-state index contributed by atoms with van der Waals surface area (Å²) in [6.07, 6.45) is 0.993. The summed E-state index contributed by atoms with van der Waals surface area (Å²) in [6, 6.07) is 8.77. The molecular weight excluding hydrogens is 326 g/mol. The molecule has 2 aliphatic rings. The van der Waals surface area contributed by atoms with Crippen LogP contribution in [0.15, 0.2) is 24.3 Å². The van der Waals surface area contributed by atoms with Crippen molar-refractivity contribution in [2.24, 2.45) is 0 Å². The molecule has 6 heteroatoms. The fourth-order valence-corrected chi connectivity index (χ4v) is 3.40. The number of hydrogen-bond donors (Lipinski definition) is 0. The molecule has 2 aliphatic heterocycles. The lowest BCUT2D eigenvalue weighted by Gasteiger charge is -2.36. The zero-order valence-corrected chi connectivity index (χ0v) is 15.3. The van der Waals surface area contributed by atoms with Gasteiger partial charge >= 0.3 is 6.09 Å². The van der Waals surface area contributed by atoms with Crippen LogP contribution in [0, 0.1) is 0 Å². The lowest BCUT2D eigenvalue weighted by Crippen LogP contribution is -2.50. The monoisotopic (exact) mass is 353 g/mol. The third-order valence-electron chi connectivity index (χ3n) is 4.84. The highest BCUT2D eigenvalue weighted by molar-refractivity contribution is 5.85. The summed E-state index contributed by atoms with van der Waals surface area (Å²) >= 11 is 0. The van der Waals surface area contributed by atoms with Crippen LogP contribution in [0.5, 0.6) is 0 Å². The first-order chi connectivity index (χ1) is 11.3. The van der Waals surface area contributed by atoms with E-state index < -0.39 is 0 Å². The highest BCUT2D eigenvalue weighted by Gasteiger charge is 2.22. The molecule has 3 rings (SSSR count). The van der Waals surface area contributed by atoms with Crippen LogP contribution in [0.25, 0.3) is 0 Å². The van der Waals surface area contributed by atoms with E-state index in [2.05, 4.69) is 34.1 Å². The van der Waals surface area contributed by atoms with E-state index in [4.69, 9.17) is 4.74 Å². The Morgan fingerprint density at radius 3 is 2.38 bits per heavy atom. The summed E-state index contributed by atoms with van der Waals surface area (Å²) < 4.78 is 5.07. The molecule has 1 saturated heterocycles. The van der Waals surface area contributed by atoms with E-state index >= 15 is 0 Å². The second-order valence-corrected chi connectivity index (χ2v) is 6.32. The summed E-state index contributed by atoms with van der Waals surface area (Å²) in [6.45, 7) is 10.2. The van der Waals surface area contributed by atoms with Gasteiger partial charge < -0.3 is 9.64 Å². The summed E-state index contributed by atoms with van der Waals surface area (Å²) in [5.74, 6) is 0. The van der Waals surface area contributed by atoms with Gasteiger partial charge in [-0.05, 0) is 24.5 Å². The molecule has 1 fully saturated rings. The van der Waals surface area contributed by atoms with Gasteiger partial charge in [0.2, 0.25) is 0 Å². The normalized spacial score (nSPS) is 18.6. The molecule has 0 N–H and O–H groups in total. The van der Waals surface area contributed by atoms with E-state index in [0.717, 1.165) is 58.8 Å². The minimum atomic E-state index is -0.167. The van der Waals surface area contributed by atoms with Crippen molar-refractivity contribution in [3.05, 3.63) is 35.4 Å². The van der Waals surface area contributed by atoms with E-state index in [1.165, 1.54) is 11.1 Å². The molecule has 1 amide bonds. The highest BCUT2D eigenvalue weighted by Crippen LogP contribution is 2.18. The standard InChI is InChI=1S/C18H27N3O2.ClH/c1-2-23-18(22)21-13-11-19(12-14-21)9-10-20-8-7-16-5-3-4-6-17(16)15-20;/h3-6H,2,7-15H2,1H3;1H. The van der Waals surface area contributed by atoms with Crippen molar-refractivity contribution in [3.63, 3.8) is 0 Å². The fraction of sp³-hybridized carbons (Fsp3) is 0.611. The second kappa shape index (κ2) is 9.25. The van der Waals surface area contributed by atoms with Crippen LogP contribution < -0.4 is 0 Å². The molecular formula is C18H28ClN3O2. The molecule has 0 spiro atoms. The molecule has 0 atom stereocenters. The summed E-state index contributed by atoms with van der Waals surface area (Å²) in [4.78, 5) is 18.5. The van der Waals surface area contributed by atoms with Gasteiger partial charge in [0.25, 0.3) is 0 Å². The Morgan fingerprint density at radius 2 is 1.67 bits per heavy atom. The Kier molecular flexibility index (Phi) is 7.34. The molecule has 134 valence electrons. The molecule has 24 heavy (non-hydrogen) atoms. The van der Waals surface area contributed by atoms with Crippen LogP contribution in [-0.2, 0) is 17.7 Å². The van der Waals surface area contributed by atoms with Gasteiger partial charge in [0.1, 0.15) is 0 Å². The number of halogens is 1. The van der Waals surface area contributed by atoms with Gasteiger partial charge in [-0.1, -0.05) is 24.3 Å². The van der Waals surface area contributed by atoms with Crippen LogP contribution in [0.1, 0.15) is 18.1 Å². The van der Waals surface area contributed by atoms with Gasteiger partial charge in [-0.2, -0.15) is 0 Å². The van der Waals surface area contributed by atoms with Gasteiger partial charge in [0, 0.05) is 52.4 Å². The van der Waals surface area contributed by atoms with Crippen molar-refractivity contribution in [2.45, 2.75) is 19.9 Å². The largest absolute Gasteiger partial charge is 0.450 e. The molecule has 1 aromatic carbocycles. The second-order valence-electron chi connectivity index (χ2n) is 6.32. The SMILES string of the molecule is CCOC(=O)N1CCN(CCN2CCc3ccccc3C2)CC1.Cl. The number of nitrogens with zero attached hydrogens (tertiary/aromatic N) is 3. The summed E-state index contributed by atoms with van der Waals surface area (Å²) in [7, 11) is 0. The number of benzene rings is 1. The minimum Gasteiger partial charge on any atom is -0.450 e. The first-order valence-corrected chi connectivity index (χ1v) is 8.69. The van der Waals surface area contributed by atoms with Crippen molar-refractivity contribution >= 4 is 18.5 Å². The van der Waals surface area contributed by atoms with E-state index in [9.17, 15) is 4.79 Å². The first-order valence-electron chi connectivity index (χ1n) is 8.69. The van der Waals surface area contributed by atoms with E-state index in [1.807, 2.05) is 11.8 Å². The molecule has 1 aromatic rings. The Morgan fingerprint density at radius 1 is 1.00 bits per heavy atom. The Balaban J connectivity index is 0.00000208. The molecule has 0 radical (unpaired) electrons. The van der Waals surface area contributed by atoms with Crippen LogP contribution >= 0.6 is 12.4 Å². The number of rotatable bonds is 4. The lowest BCUT2D eigenvalue weighted by atomic mass is 10.00. The topological polar surface area (TPSA) is 36.0 Å². The van der Waals surface area contributed by atoms with Crippen LogP contribution in [-0.4, -0.2) is 73.2 Å². The average Bonchev–Trinajstić information content (AvgIpc) is 2.60. The van der Waals surface area contributed by atoms with Crippen molar-refractivity contribution in [1.82, 2.24) is 14.7 Å². The maximum absolute atomic E-state index is 11.7. The van der Waals surface area contributed by atoms with Crippen LogP contribution in [0.4, 0.5) is 4.79 Å². The molecule has 5 nitrogen and oxygen atoms in total. The number of piperazine rings is 1. The molecule has 0 aliphatic carbocycles. The van der Waals surface area contributed by atoms with Gasteiger partial charge in [0.05, 0.1) is 6.61 Å². The highest BCUT2D eigenvalue weighted by atomic mass is 35.5. The zero-order valence-electron chi connectivity index (χ0n) is 14.4. The van der Waals surface area contributed by atoms with Crippen LogP contribution in [0.2, 0.25) is 0 Å². The van der Waals surface area contributed by atoms with Crippen molar-refractivity contribution in [1.29, 1.82) is 0 Å². The third-order valence-corrected chi connectivity index (χ3v) is 4.84. The Bertz CT molecular complexity index is 533. The van der Waals surface area contributed by atoms with Crippen LogP contribution in [0.3, 0.4) is 0 Å². The number of fused-ring (bicyclic) bond motifs is 1. The number of carbonyl (C=O) groups excluding carboxylic acids is 1. The molecule has 0 bridgehead atoms. The predicted molar refractivity (Wildman–Crippen MR) is 97.7 cm³/mol. The van der Waals surface area contributed by atoms with Gasteiger partial charge in [-0.15, -0.1) is 12.4 Å². The molecule has 0 aromatic heterocycles. The molecule has 0 unspecified atom stereocenters. The maximum atomic E-state index is 11.7. The lowest BCUT2D eigenvalue weighted by molar-refractivity contribution is 0.0757. The summed E-state index contributed by atoms with van der Waals surface area (Å²) in [5.41, 5.74) is 2.98. The quantitative estimate of drug-likeness (QED) is 0.831. The van der Waals surface area contributed by atoms with Crippen molar-refractivity contribution < 1.29 is 9.53 Å². The number of amides is 1. The van der Waals surface area contributed by atoms with Gasteiger partial charge in [0.15, 0.2) is 0 Å². The van der Waals surface area contributed by atoms with E-state index in [-0.39, 0.29) is 18.5 Å². The third kappa shape index (κ3) is 4.85. The van der Waals surface area contributed by atoms with Gasteiger partial charge in [-0.3, -0.25) is 9.80 Å². The Labute approximate surface area is 151 Å². The van der Waals surface area contributed by atoms with Crippen molar-refractivity contribution in [3.8, 4) is 0 Å². The summed E-state index contributed by atoms with van der Waals surface area (Å²) in [5, 5.41) is 0. The molecule has 2 heterocycles. The predicted octanol–water partition coefficient (Wildman–Crippen LogP) is 2.24. The average molecular weight is 354 g/mol. The van der Waals surface area contributed by atoms with Crippen molar-refractivity contribution in [2.75, 3.05) is 52.4 Å². The minimum absolute atomic E-state index is 0. The fourth-order valence-electron chi connectivity index (χ4n) is 3.40. The maximum Gasteiger partial charge on any atom is 0.409 e. The first kappa shape index (κ1) is 19.0. The van der Waals surface area contributed by atoms with E-state index in [0.29, 0.717) is 6.61 Å². The number of carbonyl (C=O) groups is 1. The van der Waals surface area contributed by atoms with E-state index in [1.54, 1.807) is 0 Å². The number of ether oxygens (including phenoxy) is 1.